The monoisotopic (exact) mass is 467 g/mol. The molecule has 26 heavy (non-hydrogen) atoms. The smallest absolute Gasteiger partial charge is 0.338 e. The van der Waals surface area contributed by atoms with Gasteiger partial charge in [-0.2, -0.15) is 0 Å². The van der Waals surface area contributed by atoms with E-state index in [1.54, 1.807) is 6.07 Å². The SMILES string of the molecule is CN(C)C(=NCc1cccc(C(=O)OCc2ccccc2)c1)N(C)C.I. The fourth-order valence-corrected chi connectivity index (χ4v) is 2.45. The molecule has 0 bridgehead atoms. The van der Waals surface area contributed by atoms with Crippen LogP contribution in [0.15, 0.2) is 59.6 Å². The predicted octanol–water partition coefficient (Wildman–Crippen LogP) is 3.64. The second-order valence-corrected chi connectivity index (χ2v) is 6.17. The Kier molecular flexibility index (Phi) is 9.12. The van der Waals surface area contributed by atoms with Crippen LogP contribution in [0, 0.1) is 0 Å². The first-order valence-corrected chi connectivity index (χ1v) is 8.16. The summed E-state index contributed by atoms with van der Waals surface area (Å²) >= 11 is 0. The second-order valence-electron chi connectivity index (χ2n) is 6.17. The molecular formula is C20H26IN3O2. The number of hydrogen-bond acceptors (Lipinski definition) is 3. The molecule has 0 saturated carbocycles. The quantitative estimate of drug-likeness (QED) is 0.292. The summed E-state index contributed by atoms with van der Waals surface area (Å²) in [6, 6.07) is 17.1. The summed E-state index contributed by atoms with van der Waals surface area (Å²) in [5, 5.41) is 0. The van der Waals surface area contributed by atoms with Gasteiger partial charge >= 0.3 is 5.97 Å². The lowest BCUT2D eigenvalue weighted by molar-refractivity contribution is 0.0472. The minimum Gasteiger partial charge on any atom is -0.457 e. The highest BCUT2D eigenvalue weighted by Crippen LogP contribution is 2.10. The van der Waals surface area contributed by atoms with Crippen LogP contribution in [0.25, 0.3) is 0 Å². The summed E-state index contributed by atoms with van der Waals surface area (Å²) in [7, 11) is 7.82. The number of carbonyl (C=O) groups is 1. The van der Waals surface area contributed by atoms with Crippen LogP contribution >= 0.6 is 24.0 Å². The van der Waals surface area contributed by atoms with Gasteiger partial charge in [-0.25, -0.2) is 9.79 Å². The molecule has 5 nitrogen and oxygen atoms in total. The lowest BCUT2D eigenvalue weighted by Crippen LogP contribution is -2.35. The molecule has 2 rings (SSSR count). The van der Waals surface area contributed by atoms with Crippen molar-refractivity contribution in [3.63, 3.8) is 0 Å². The third-order valence-electron chi connectivity index (χ3n) is 3.58. The van der Waals surface area contributed by atoms with Gasteiger partial charge in [-0.1, -0.05) is 42.5 Å². The molecule has 0 fully saturated rings. The maximum Gasteiger partial charge on any atom is 0.338 e. The molecule has 2 aromatic carbocycles. The number of hydrogen-bond donors (Lipinski definition) is 0. The second kappa shape index (κ2) is 10.8. The fourth-order valence-electron chi connectivity index (χ4n) is 2.45. The number of carbonyl (C=O) groups excluding carboxylic acids is 1. The summed E-state index contributed by atoms with van der Waals surface area (Å²) in [5.74, 6) is 0.548. The third-order valence-corrected chi connectivity index (χ3v) is 3.58. The highest BCUT2D eigenvalue weighted by Gasteiger charge is 2.09. The summed E-state index contributed by atoms with van der Waals surface area (Å²) in [4.78, 5) is 20.8. The highest BCUT2D eigenvalue weighted by atomic mass is 127. The number of benzene rings is 2. The molecule has 0 spiro atoms. The topological polar surface area (TPSA) is 45.1 Å². The normalized spacial score (nSPS) is 9.69. The molecule has 2 aromatic rings. The van der Waals surface area contributed by atoms with Gasteiger partial charge in [-0.15, -0.1) is 24.0 Å². The molecule has 140 valence electrons. The number of ether oxygens (including phenoxy) is 1. The van der Waals surface area contributed by atoms with Crippen LogP contribution in [0.2, 0.25) is 0 Å². The first-order valence-electron chi connectivity index (χ1n) is 8.16. The van der Waals surface area contributed by atoms with Gasteiger partial charge in [0.2, 0.25) is 0 Å². The minimum absolute atomic E-state index is 0. The molecule has 0 heterocycles. The summed E-state index contributed by atoms with van der Waals surface area (Å²) in [5.41, 5.74) is 2.48. The molecular weight excluding hydrogens is 441 g/mol. The van der Waals surface area contributed by atoms with E-state index in [-0.39, 0.29) is 36.6 Å². The summed E-state index contributed by atoms with van der Waals surface area (Å²) < 4.78 is 5.38. The average molecular weight is 467 g/mol. The van der Waals surface area contributed by atoms with E-state index in [4.69, 9.17) is 4.74 Å². The first kappa shape index (κ1) is 22.0. The molecule has 0 aromatic heterocycles. The lowest BCUT2D eigenvalue weighted by atomic mass is 10.1. The van der Waals surface area contributed by atoms with Crippen LogP contribution in [-0.4, -0.2) is 49.9 Å². The van der Waals surface area contributed by atoms with E-state index in [9.17, 15) is 4.79 Å². The Hall–Kier alpha value is -2.09. The molecule has 0 aliphatic carbocycles. The van der Waals surface area contributed by atoms with Gasteiger partial charge in [-0.3, -0.25) is 0 Å². The van der Waals surface area contributed by atoms with Crippen molar-refractivity contribution in [2.45, 2.75) is 13.2 Å². The van der Waals surface area contributed by atoms with E-state index in [1.165, 1.54) is 0 Å². The Morgan fingerprint density at radius 2 is 1.54 bits per heavy atom. The largest absolute Gasteiger partial charge is 0.457 e. The van der Waals surface area contributed by atoms with Gasteiger partial charge in [0.15, 0.2) is 5.96 Å². The highest BCUT2D eigenvalue weighted by molar-refractivity contribution is 14.0. The predicted molar refractivity (Wildman–Crippen MR) is 116 cm³/mol. The van der Waals surface area contributed by atoms with Crippen LogP contribution in [-0.2, 0) is 17.9 Å². The Morgan fingerprint density at radius 1 is 0.923 bits per heavy atom. The maximum atomic E-state index is 12.3. The number of nitrogens with zero attached hydrogens (tertiary/aromatic N) is 3. The van der Waals surface area contributed by atoms with Crippen molar-refractivity contribution in [2.75, 3.05) is 28.2 Å². The fraction of sp³-hybridized carbons (Fsp3) is 0.300. The van der Waals surface area contributed by atoms with E-state index < -0.39 is 0 Å². The van der Waals surface area contributed by atoms with Crippen molar-refractivity contribution in [3.05, 3.63) is 71.3 Å². The van der Waals surface area contributed by atoms with Crippen LogP contribution in [0.3, 0.4) is 0 Å². The molecule has 0 aliphatic rings. The van der Waals surface area contributed by atoms with Crippen LogP contribution in [0.1, 0.15) is 21.5 Å². The summed E-state index contributed by atoms with van der Waals surface area (Å²) in [6.07, 6.45) is 0. The van der Waals surface area contributed by atoms with Crippen molar-refractivity contribution in [1.82, 2.24) is 9.80 Å². The third kappa shape index (κ3) is 6.67. The molecule has 0 unspecified atom stereocenters. The zero-order chi connectivity index (χ0) is 18.2. The molecule has 0 N–H and O–H groups in total. The Labute approximate surface area is 172 Å². The lowest BCUT2D eigenvalue weighted by Gasteiger charge is -2.22. The minimum atomic E-state index is -0.324. The van der Waals surface area contributed by atoms with Gasteiger partial charge in [0.1, 0.15) is 6.61 Å². The number of halogens is 1. The molecule has 6 heteroatoms. The average Bonchev–Trinajstić information content (AvgIpc) is 2.60. The maximum absolute atomic E-state index is 12.3. The number of esters is 1. The standard InChI is InChI=1S/C20H25N3O2.HI/c1-22(2)20(23(3)4)21-14-17-11-8-12-18(13-17)19(24)25-15-16-9-6-5-7-10-16;/h5-13H,14-15H2,1-4H3;1H. The summed E-state index contributed by atoms with van der Waals surface area (Å²) in [6.45, 7) is 0.777. The van der Waals surface area contributed by atoms with Crippen LogP contribution in [0.5, 0.6) is 0 Å². The van der Waals surface area contributed by atoms with E-state index in [1.807, 2.05) is 86.5 Å². The molecule has 0 aliphatic heterocycles. The van der Waals surface area contributed by atoms with Crippen LogP contribution < -0.4 is 0 Å². The Morgan fingerprint density at radius 3 is 2.15 bits per heavy atom. The van der Waals surface area contributed by atoms with E-state index >= 15 is 0 Å². The zero-order valence-corrected chi connectivity index (χ0v) is 18.0. The van der Waals surface area contributed by atoms with E-state index in [2.05, 4.69) is 4.99 Å². The molecule has 0 amide bonds. The van der Waals surface area contributed by atoms with Crippen molar-refractivity contribution in [2.24, 2.45) is 4.99 Å². The number of rotatable bonds is 5. The molecule has 0 radical (unpaired) electrons. The first-order chi connectivity index (χ1) is 12.0. The van der Waals surface area contributed by atoms with Gasteiger partial charge < -0.3 is 14.5 Å². The van der Waals surface area contributed by atoms with Gasteiger partial charge in [0.25, 0.3) is 0 Å². The van der Waals surface area contributed by atoms with Crippen LogP contribution in [0.4, 0.5) is 0 Å². The molecule has 0 saturated heterocycles. The number of guanidine groups is 1. The van der Waals surface area contributed by atoms with Crippen molar-refractivity contribution in [3.8, 4) is 0 Å². The number of aliphatic imine (C=N–C) groups is 1. The van der Waals surface area contributed by atoms with Crippen molar-refractivity contribution < 1.29 is 9.53 Å². The van der Waals surface area contributed by atoms with Gasteiger partial charge in [0, 0.05) is 28.2 Å². The van der Waals surface area contributed by atoms with Gasteiger partial charge in [0.05, 0.1) is 12.1 Å². The Bertz CT molecular complexity index is 721. The Balaban J connectivity index is 0.00000338. The molecule has 0 atom stereocenters. The van der Waals surface area contributed by atoms with Gasteiger partial charge in [-0.05, 0) is 23.3 Å². The van der Waals surface area contributed by atoms with E-state index in [0.717, 1.165) is 17.1 Å². The van der Waals surface area contributed by atoms with Crippen molar-refractivity contribution >= 4 is 35.9 Å². The zero-order valence-electron chi connectivity index (χ0n) is 15.7. The van der Waals surface area contributed by atoms with E-state index in [0.29, 0.717) is 12.1 Å². The van der Waals surface area contributed by atoms with Crippen molar-refractivity contribution in [1.29, 1.82) is 0 Å².